The Kier molecular flexibility index (Phi) is 4.63. The predicted molar refractivity (Wildman–Crippen MR) is 101 cm³/mol. The van der Waals surface area contributed by atoms with E-state index in [1.165, 1.54) is 22.3 Å². The number of ketones is 1. The van der Waals surface area contributed by atoms with E-state index in [1.807, 2.05) is 42.1 Å². The third-order valence-corrected chi connectivity index (χ3v) is 4.45. The Morgan fingerprint density at radius 1 is 1.00 bits per heavy atom. The summed E-state index contributed by atoms with van der Waals surface area (Å²) in [4.78, 5) is 12.6. The van der Waals surface area contributed by atoms with E-state index in [4.69, 9.17) is 0 Å². The molecule has 120 valence electrons. The summed E-state index contributed by atoms with van der Waals surface area (Å²) >= 11 is 0. The van der Waals surface area contributed by atoms with Crippen molar-refractivity contribution in [3.05, 3.63) is 89.2 Å². The van der Waals surface area contributed by atoms with Gasteiger partial charge in [-0.15, -0.1) is 17.0 Å². The number of rotatable bonds is 3. The van der Waals surface area contributed by atoms with E-state index in [0.29, 0.717) is 6.54 Å². The van der Waals surface area contributed by atoms with Crippen LogP contribution >= 0.6 is 17.0 Å². The average Bonchev–Trinajstić information content (AvgIpc) is 2.92. The molecule has 1 aromatic heterocycles. The van der Waals surface area contributed by atoms with Crippen molar-refractivity contribution in [3.63, 3.8) is 0 Å². The second kappa shape index (κ2) is 6.70. The van der Waals surface area contributed by atoms with Gasteiger partial charge in [0.05, 0.1) is 0 Å². The summed E-state index contributed by atoms with van der Waals surface area (Å²) in [6.07, 6.45) is 4.86. The van der Waals surface area contributed by atoms with Gasteiger partial charge in [0.2, 0.25) is 12.3 Å². The summed E-state index contributed by atoms with van der Waals surface area (Å²) in [6.45, 7) is 2.42. The first-order chi connectivity index (χ1) is 11.2. The number of pyridine rings is 1. The number of aromatic nitrogens is 1. The molecule has 0 bridgehead atoms. The molecule has 0 unspecified atom stereocenters. The third-order valence-electron chi connectivity index (χ3n) is 4.45. The lowest BCUT2D eigenvalue weighted by Crippen LogP contribution is -2.37. The number of fused-ring (bicyclic) bond motifs is 3. The maximum Gasteiger partial charge on any atom is 0.227 e. The van der Waals surface area contributed by atoms with Crippen LogP contribution in [0.2, 0.25) is 0 Å². The quantitative estimate of drug-likeness (QED) is 0.383. The van der Waals surface area contributed by atoms with Gasteiger partial charge in [-0.25, -0.2) is 0 Å². The molecule has 1 aliphatic rings. The molecule has 0 saturated carbocycles. The Morgan fingerprint density at radius 3 is 2.62 bits per heavy atom. The standard InChI is InChI=1S/C21H18NO.BrH/c1-15-5-4-10-22(13-15)14-21(23)17-8-9-20-18(12-17)11-16-6-2-3-7-19(16)20;/h2-10,12-13H,11,14H2,1H3;1H/q+1;. The molecule has 0 fully saturated rings. The number of halogens is 1. The molecule has 1 heterocycles. The lowest BCUT2D eigenvalue weighted by Gasteiger charge is -2.04. The maximum absolute atomic E-state index is 12.6. The molecule has 2 aromatic carbocycles. The van der Waals surface area contributed by atoms with E-state index in [0.717, 1.165) is 17.5 Å². The van der Waals surface area contributed by atoms with Crippen molar-refractivity contribution in [2.75, 3.05) is 0 Å². The highest BCUT2D eigenvalue weighted by atomic mass is 79.9. The van der Waals surface area contributed by atoms with Crippen LogP contribution < -0.4 is 4.57 Å². The summed E-state index contributed by atoms with van der Waals surface area (Å²) in [6, 6.07) is 18.6. The van der Waals surface area contributed by atoms with Gasteiger partial charge in [-0.3, -0.25) is 4.79 Å². The zero-order valence-electron chi connectivity index (χ0n) is 13.5. The molecule has 4 rings (SSSR count). The minimum atomic E-state index is 0. The monoisotopic (exact) mass is 380 g/mol. The van der Waals surface area contributed by atoms with Crippen LogP contribution in [0.25, 0.3) is 11.1 Å². The van der Waals surface area contributed by atoms with Crippen LogP contribution in [0.3, 0.4) is 0 Å². The SMILES string of the molecule is Br.Cc1ccc[n+](CC(=O)c2ccc3c(c2)Cc2ccccc2-3)c1. The number of benzene rings is 2. The summed E-state index contributed by atoms with van der Waals surface area (Å²) in [7, 11) is 0. The Morgan fingerprint density at radius 2 is 1.79 bits per heavy atom. The summed E-state index contributed by atoms with van der Waals surface area (Å²) in [5, 5.41) is 0. The lowest BCUT2D eigenvalue weighted by atomic mass is 10.0. The maximum atomic E-state index is 12.6. The molecule has 3 aromatic rings. The van der Waals surface area contributed by atoms with Crippen molar-refractivity contribution in [2.24, 2.45) is 0 Å². The van der Waals surface area contributed by atoms with Crippen molar-refractivity contribution in [2.45, 2.75) is 19.9 Å². The van der Waals surface area contributed by atoms with Crippen molar-refractivity contribution in [1.29, 1.82) is 0 Å². The fourth-order valence-electron chi connectivity index (χ4n) is 3.33. The highest BCUT2D eigenvalue weighted by Crippen LogP contribution is 2.36. The van der Waals surface area contributed by atoms with Crippen LogP contribution in [0.5, 0.6) is 0 Å². The van der Waals surface area contributed by atoms with Crippen molar-refractivity contribution >= 4 is 22.8 Å². The minimum absolute atomic E-state index is 0. The molecule has 0 saturated heterocycles. The van der Waals surface area contributed by atoms with E-state index in [1.54, 1.807) is 0 Å². The smallest absolute Gasteiger partial charge is 0.227 e. The van der Waals surface area contributed by atoms with Gasteiger partial charge in [-0.2, -0.15) is 4.57 Å². The van der Waals surface area contributed by atoms with Gasteiger partial charge in [0.1, 0.15) is 0 Å². The van der Waals surface area contributed by atoms with Crippen molar-refractivity contribution in [1.82, 2.24) is 0 Å². The van der Waals surface area contributed by atoms with E-state index >= 15 is 0 Å². The van der Waals surface area contributed by atoms with Gasteiger partial charge >= 0.3 is 0 Å². The Labute approximate surface area is 152 Å². The molecular weight excluding hydrogens is 362 g/mol. The molecule has 0 radical (unpaired) electrons. The normalized spacial score (nSPS) is 11.4. The topological polar surface area (TPSA) is 20.9 Å². The number of aryl methyl sites for hydroxylation is 1. The van der Waals surface area contributed by atoms with E-state index in [9.17, 15) is 4.79 Å². The number of hydrogen-bond acceptors (Lipinski definition) is 1. The molecule has 0 amide bonds. The van der Waals surface area contributed by atoms with E-state index in [2.05, 4.69) is 36.4 Å². The van der Waals surface area contributed by atoms with Gasteiger partial charge in [0.25, 0.3) is 0 Å². The number of nitrogens with zero attached hydrogens (tertiary/aromatic N) is 1. The van der Waals surface area contributed by atoms with Crippen LogP contribution in [-0.4, -0.2) is 5.78 Å². The Bertz CT molecular complexity index is 917. The molecular formula is C21H19BrNO+. The molecule has 0 spiro atoms. The summed E-state index contributed by atoms with van der Waals surface area (Å²) < 4.78 is 1.94. The molecule has 0 atom stereocenters. The van der Waals surface area contributed by atoms with Crippen molar-refractivity contribution in [3.8, 4) is 11.1 Å². The van der Waals surface area contributed by atoms with Crippen molar-refractivity contribution < 1.29 is 9.36 Å². The molecule has 3 heteroatoms. The van der Waals surface area contributed by atoms with E-state index < -0.39 is 0 Å². The molecule has 1 aliphatic carbocycles. The average molecular weight is 381 g/mol. The van der Waals surface area contributed by atoms with Crippen LogP contribution in [0.1, 0.15) is 27.0 Å². The molecule has 2 nitrogen and oxygen atoms in total. The molecule has 0 N–H and O–H groups in total. The summed E-state index contributed by atoms with van der Waals surface area (Å²) in [5.74, 6) is 0.152. The second-order valence-corrected chi connectivity index (χ2v) is 6.18. The number of Topliss-reactive ketones (excluding diaryl/α,β-unsaturated/α-hetero) is 1. The first kappa shape index (κ1) is 16.6. The highest BCUT2D eigenvalue weighted by Gasteiger charge is 2.20. The van der Waals surface area contributed by atoms with Gasteiger partial charge < -0.3 is 0 Å². The van der Waals surface area contributed by atoms with Crippen LogP contribution in [0.15, 0.2) is 67.0 Å². The van der Waals surface area contributed by atoms with Crippen LogP contribution in [0.4, 0.5) is 0 Å². The number of hydrogen-bond donors (Lipinski definition) is 0. The largest absolute Gasteiger partial charge is 0.287 e. The number of carbonyl (C=O) groups excluding carboxylic acids is 1. The minimum Gasteiger partial charge on any atom is -0.287 e. The van der Waals surface area contributed by atoms with Gasteiger partial charge in [-0.1, -0.05) is 36.4 Å². The van der Waals surface area contributed by atoms with Crippen LogP contribution in [0, 0.1) is 6.92 Å². The predicted octanol–water partition coefficient (Wildman–Crippen LogP) is 4.31. The molecule has 0 aliphatic heterocycles. The van der Waals surface area contributed by atoms with Crippen LogP contribution in [-0.2, 0) is 13.0 Å². The Balaban J connectivity index is 0.00000169. The first-order valence-corrected chi connectivity index (χ1v) is 7.91. The second-order valence-electron chi connectivity index (χ2n) is 6.18. The molecule has 24 heavy (non-hydrogen) atoms. The fourth-order valence-corrected chi connectivity index (χ4v) is 3.33. The highest BCUT2D eigenvalue weighted by molar-refractivity contribution is 8.93. The van der Waals surface area contributed by atoms with Gasteiger partial charge in [0.15, 0.2) is 12.4 Å². The summed E-state index contributed by atoms with van der Waals surface area (Å²) in [5.41, 5.74) is 7.12. The first-order valence-electron chi connectivity index (χ1n) is 7.91. The van der Waals surface area contributed by atoms with E-state index in [-0.39, 0.29) is 22.8 Å². The third kappa shape index (κ3) is 3.04. The lowest BCUT2D eigenvalue weighted by molar-refractivity contribution is -0.683. The van der Waals surface area contributed by atoms with Gasteiger partial charge in [0, 0.05) is 17.2 Å². The van der Waals surface area contributed by atoms with Gasteiger partial charge in [-0.05, 0) is 47.7 Å². The zero-order valence-corrected chi connectivity index (χ0v) is 15.2. The zero-order chi connectivity index (χ0) is 15.8. The number of carbonyl (C=O) groups is 1. The fraction of sp³-hybridized carbons (Fsp3) is 0.143. The Hall–Kier alpha value is -2.26.